The Morgan fingerprint density at radius 1 is 1.35 bits per heavy atom. The second-order valence-corrected chi connectivity index (χ2v) is 7.90. The summed E-state index contributed by atoms with van der Waals surface area (Å²) in [6, 6.07) is 3.71. The van der Waals surface area contributed by atoms with Gasteiger partial charge in [-0.25, -0.2) is 4.39 Å². The van der Waals surface area contributed by atoms with Crippen LogP contribution >= 0.6 is 0 Å². The molecule has 1 unspecified atom stereocenters. The van der Waals surface area contributed by atoms with Gasteiger partial charge in [0.15, 0.2) is 0 Å². The van der Waals surface area contributed by atoms with Crippen molar-refractivity contribution in [3.8, 4) is 0 Å². The van der Waals surface area contributed by atoms with Crippen LogP contribution in [0.2, 0.25) is 0 Å². The lowest BCUT2D eigenvalue weighted by Crippen LogP contribution is -2.53. The van der Waals surface area contributed by atoms with Crippen LogP contribution < -0.4 is 11.1 Å². The largest absolute Gasteiger partial charge is 0.386 e. The highest BCUT2D eigenvalue weighted by Crippen LogP contribution is 2.40. The summed E-state index contributed by atoms with van der Waals surface area (Å²) < 4.78 is 26.5. The molecule has 1 spiro atoms. The maximum absolute atomic E-state index is 14.2. The van der Waals surface area contributed by atoms with Crippen molar-refractivity contribution in [1.82, 2.24) is 0 Å². The van der Waals surface area contributed by atoms with Crippen LogP contribution in [0.15, 0.2) is 23.2 Å². The Hall–Kier alpha value is -1.76. The summed E-state index contributed by atoms with van der Waals surface area (Å²) in [5.74, 6) is 0.224. The van der Waals surface area contributed by atoms with Gasteiger partial charge in [0.2, 0.25) is 6.41 Å². The lowest BCUT2D eigenvalue weighted by molar-refractivity contribution is -0.105. The zero-order valence-electron chi connectivity index (χ0n) is 12.8. The molecule has 7 heteroatoms. The molecule has 0 radical (unpaired) electrons. The summed E-state index contributed by atoms with van der Waals surface area (Å²) >= 11 is 0. The van der Waals surface area contributed by atoms with Crippen molar-refractivity contribution in [3.63, 3.8) is 0 Å². The van der Waals surface area contributed by atoms with Gasteiger partial charge in [-0.05, 0) is 31.0 Å². The maximum atomic E-state index is 14.2. The molecule has 1 aliphatic heterocycles. The van der Waals surface area contributed by atoms with Crippen LogP contribution in [-0.2, 0) is 15.6 Å². The second-order valence-electron chi connectivity index (χ2n) is 6.10. The molecule has 3 N–H and O–H groups in total. The van der Waals surface area contributed by atoms with Gasteiger partial charge in [0.1, 0.15) is 16.4 Å². The van der Waals surface area contributed by atoms with E-state index in [2.05, 4.69) is 10.3 Å². The second kappa shape index (κ2) is 6.39. The number of carbonyl (C=O) groups is 1. The third-order valence-corrected chi connectivity index (χ3v) is 6.86. The molecule has 1 amide bonds. The Bertz CT molecular complexity index is 671. The molecule has 1 fully saturated rings. The average molecular weight is 337 g/mol. The van der Waals surface area contributed by atoms with E-state index in [0.29, 0.717) is 23.5 Å². The van der Waals surface area contributed by atoms with Crippen LogP contribution in [0, 0.1) is 5.82 Å². The predicted molar refractivity (Wildman–Crippen MR) is 89.3 cm³/mol. The number of benzene rings is 1. The molecule has 1 aromatic carbocycles. The van der Waals surface area contributed by atoms with E-state index >= 15 is 0 Å². The fourth-order valence-corrected chi connectivity index (χ4v) is 5.36. The van der Waals surface area contributed by atoms with Crippen LogP contribution in [0.25, 0.3) is 0 Å². The number of hydrogen-bond acceptors (Lipinski definition) is 4. The van der Waals surface area contributed by atoms with E-state index < -0.39 is 27.4 Å². The molecule has 5 nitrogen and oxygen atoms in total. The third kappa shape index (κ3) is 2.89. The number of amides is 1. The molecule has 1 heterocycles. The van der Waals surface area contributed by atoms with Crippen LogP contribution in [-0.4, -0.2) is 27.0 Å². The van der Waals surface area contributed by atoms with Gasteiger partial charge < -0.3 is 11.1 Å². The molecule has 0 bridgehead atoms. The highest BCUT2D eigenvalue weighted by Gasteiger charge is 2.45. The van der Waals surface area contributed by atoms with E-state index in [9.17, 15) is 13.4 Å². The van der Waals surface area contributed by atoms with Crippen molar-refractivity contribution in [3.05, 3.63) is 29.6 Å². The maximum Gasteiger partial charge on any atom is 0.211 e. The van der Waals surface area contributed by atoms with Gasteiger partial charge in [-0.3, -0.25) is 14.0 Å². The number of nitrogens with two attached hydrogens (primary N) is 1. The van der Waals surface area contributed by atoms with Crippen molar-refractivity contribution in [2.24, 2.45) is 10.7 Å². The number of rotatable bonds is 3. The minimum absolute atomic E-state index is 0.266. The van der Waals surface area contributed by atoms with E-state index in [1.54, 1.807) is 0 Å². The Morgan fingerprint density at radius 2 is 2.09 bits per heavy atom. The van der Waals surface area contributed by atoms with Crippen molar-refractivity contribution in [2.45, 2.75) is 42.9 Å². The Morgan fingerprint density at radius 3 is 2.74 bits per heavy atom. The number of amidine groups is 1. The summed E-state index contributed by atoms with van der Waals surface area (Å²) in [6.45, 7) is 0. The summed E-state index contributed by atoms with van der Waals surface area (Å²) in [4.78, 5) is 15.0. The van der Waals surface area contributed by atoms with Crippen LogP contribution in [0.5, 0.6) is 0 Å². The summed E-state index contributed by atoms with van der Waals surface area (Å²) in [7, 11) is -1.18. The summed E-state index contributed by atoms with van der Waals surface area (Å²) in [6.07, 6.45) is 5.24. The van der Waals surface area contributed by atoms with Gasteiger partial charge in [0, 0.05) is 22.1 Å². The van der Waals surface area contributed by atoms with E-state index in [1.807, 2.05) is 0 Å². The first-order valence-electron chi connectivity index (χ1n) is 7.79. The van der Waals surface area contributed by atoms with Gasteiger partial charge in [-0.2, -0.15) is 0 Å². The minimum Gasteiger partial charge on any atom is -0.386 e. The molecule has 0 aromatic heterocycles. The van der Waals surface area contributed by atoms with E-state index in [4.69, 9.17) is 5.73 Å². The standard InChI is InChI=1S/C16H20FN3O2S/c17-13-5-4-11(19-10-21)8-12(13)14-9-23(22)16(15(18)20-14)6-2-1-3-7-16/h4-5,8,10,14H,1-3,6-7,9H2,(H2,18,20)(H,19,21)/t14-,23?/m0/s1. The van der Waals surface area contributed by atoms with Gasteiger partial charge in [0.05, 0.1) is 11.8 Å². The number of nitrogens with one attached hydrogen (secondary N) is 1. The molecule has 2 atom stereocenters. The van der Waals surface area contributed by atoms with Crippen molar-refractivity contribution in [2.75, 3.05) is 11.1 Å². The molecule has 0 saturated heterocycles. The van der Waals surface area contributed by atoms with Gasteiger partial charge in [0.25, 0.3) is 0 Å². The highest BCUT2D eigenvalue weighted by atomic mass is 32.2. The average Bonchev–Trinajstić information content (AvgIpc) is 2.55. The molecular weight excluding hydrogens is 317 g/mol. The molecule has 1 aliphatic carbocycles. The first kappa shape index (κ1) is 16.1. The molecule has 2 aliphatic rings. The lowest BCUT2D eigenvalue weighted by atomic mass is 9.87. The number of aliphatic imine (C=N–C) groups is 1. The normalized spacial score (nSPS) is 26.6. The van der Waals surface area contributed by atoms with Crippen molar-refractivity contribution in [1.29, 1.82) is 0 Å². The predicted octanol–water partition coefficient (Wildman–Crippen LogP) is 2.26. The van der Waals surface area contributed by atoms with E-state index in [0.717, 1.165) is 32.1 Å². The number of nitrogens with zero attached hydrogens (tertiary/aromatic N) is 1. The lowest BCUT2D eigenvalue weighted by Gasteiger charge is -2.40. The topological polar surface area (TPSA) is 84.5 Å². The summed E-state index contributed by atoms with van der Waals surface area (Å²) in [5.41, 5.74) is 6.97. The molecular formula is C16H20FN3O2S. The molecule has 1 saturated carbocycles. The number of anilines is 1. The van der Waals surface area contributed by atoms with Crippen LogP contribution in [0.1, 0.15) is 43.7 Å². The Kier molecular flexibility index (Phi) is 4.48. The van der Waals surface area contributed by atoms with E-state index in [-0.39, 0.29) is 5.75 Å². The van der Waals surface area contributed by atoms with Crippen LogP contribution in [0.4, 0.5) is 10.1 Å². The Balaban J connectivity index is 1.95. The van der Waals surface area contributed by atoms with Gasteiger partial charge in [-0.15, -0.1) is 0 Å². The molecule has 23 heavy (non-hydrogen) atoms. The number of halogens is 1. The smallest absolute Gasteiger partial charge is 0.211 e. The van der Waals surface area contributed by atoms with Crippen molar-refractivity contribution >= 4 is 28.7 Å². The monoisotopic (exact) mass is 337 g/mol. The zero-order valence-corrected chi connectivity index (χ0v) is 13.6. The first-order valence-corrected chi connectivity index (χ1v) is 9.10. The summed E-state index contributed by atoms with van der Waals surface area (Å²) in [5, 5.41) is 2.49. The third-order valence-electron chi connectivity index (χ3n) is 4.75. The zero-order chi connectivity index (χ0) is 16.4. The molecule has 3 rings (SSSR count). The highest BCUT2D eigenvalue weighted by molar-refractivity contribution is 7.87. The first-order chi connectivity index (χ1) is 11.1. The van der Waals surface area contributed by atoms with Crippen molar-refractivity contribution < 1.29 is 13.4 Å². The quantitative estimate of drug-likeness (QED) is 0.830. The number of carbonyl (C=O) groups excluding carboxylic acids is 1. The minimum atomic E-state index is -1.18. The molecule has 124 valence electrons. The van der Waals surface area contributed by atoms with E-state index in [1.165, 1.54) is 18.2 Å². The van der Waals surface area contributed by atoms with Gasteiger partial charge >= 0.3 is 0 Å². The number of hydrogen-bond donors (Lipinski definition) is 2. The fraction of sp³-hybridized carbons (Fsp3) is 0.500. The van der Waals surface area contributed by atoms with Gasteiger partial charge in [-0.1, -0.05) is 19.3 Å². The Labute approximate surface area is 137 Å². The van der Waals surface area contributed by atoms with Crippen LogP contribution in [0.3, 0.4) is 0 Å². The SMILES string of the molecule is NC1=N[C@H](c2cc(NC=O)ccc2F)CS(=O)C12CCCCC2. The fourth-order valence-electron chi connectivity index (χ4n) is 3.47. The molecule has 1 aromatic rings.